The van der Waals surface area contributed by atoms with Crippen molar-refractivity contribution in [3.05, 3.63) is 0 Å². The van der Waals surface area contributed by atoms with Gasteiger partial charge >= 0.3 is 12.1 Å². The van der Waals surface area contributed by atoms with Crippen molar-refractivity contribution < 1.29 is 22.7 Å². The van der Waals surface area contributed by atoms with Gasteiger partial charge in [0.1, 0.15) is 11.8 Å². The summed E-state index contributed by atoms with van der Waals surface area (Å²) in [7, 11) is 0. The average molecular weight is 298 g/mol. The Bertz CT molecular complexity index is 424. The molecule has 10 heteroatoms. The minimum Gasteiger partial charge on any atom is -0.465 e. The van der Waals surface area contributed by atoms with Gasteiger partial charge in [0.15, 0.2) is 0 Å². The van der Waals surface area contributed by atoms with E-state index in [-0.39, 0.29) is 11.8 Å². The molecule has 0 saturated heterocycles. The van der Waals surface area contributed by atoms with Crippen LogP contribution in [0.25, 0.3) is 0 Å². The third-order valence-corrected chi connectivity index (χ3v) is 2.94. The zero-order chi connectivity index (χ0) is 14.5. The molecule has 0 bridgehead atoms. The number of tetrazole rings is 1. The van der Waals surface area contributed by atoms with E-state index >= 15 is 0 Å². The van der Waals surface area contributed by atoms with Crippen molar-refractivity contribution in [1.29, 1.82) is 0 Å². The summed E-state index contributed by atoms with van der Waals surface area (Å²) in [6.07, 6.45) is -3.74. The predicted molar refractivity (Wildman–Crippen MR) is 60.4 cm³/mol. The number of carbonyl (C=O) groups excluding carboxylic acids is 1. The molecule has 1 heterocycles. The van der Waals surface area contributed by atoms with Crippen molar-refractivity contribution in [2.75, 3.05) is 6.61 Å². The van der Waals surface area contributed by atoms with Gasteiger partial charge in [0.2, 0.25) is 5.16 Å². The summed E-state index contributed by atoms with van der Waals surface area (Å²) in [5, 5.41) is 9.12. The van der Waals surface area contributed by atoms with Gasteiger partial charge in [0, 0.05) is 0 Å². The summed E-state index contributed by atoms with van der Waals surface area (Å²) >= 11 is 0.828. The molecule has 0 aromatic carbocycles. The summed E-state index contributed by atoms with van der Waals surface area (Å²) in [5.74, 6) is -0.506. The average Bonchev–Trinajstić information content (AvgIpc) is 2.71. The maximum Gasteiger partial charge on any atom is 0.408 e. The lowest BCUT2D eigenvalue weighted by Crippen LogP contribution is -2.21. The van der Waals surface area contributed by atoms with Crippen molar-refractivity contribution in [2.45, 2.75) is 43.4 Å². The van der Waals surface area contributed by atoms with E-state index < -0.39 is 23.9 Å². The molecule has 6 nitrogen and oxygen atoms in total. The van der Waals surface area contributed by atoms with E-state index in [2.05, 4.69) is 15.5 Å². The Morgan fingerprint density at radius 1 is 1.53 bits per heavy atom. The Balaban J connectivity index is 2.62. The summed E-state index contributed by atoms with van der Waals surface area (Å²) < 4.78 is 42.2. The predicted octanol–water partition coefficient (Wildman–Crippen LogP) is 1.67. The Kier molecular flexibility index (Phi) is 5.58. The first-order valence-electron chi connectivity index (χ1n) is 5.49. The number of alkyl halides is 3. The standard InChI is InChI=1S/C9H13F3N4O2S/c1-3-4-18-7(17)6(2)19-8-13-14-15-16(8)5-9(10,11)12/h6H,3-5H2,1-2H3. The van der Waals surface area contributed by atoms with Gasteiger partial charge in [0.25, 0.3) is 0 Å². The second-order valence-electron chi connectivity index (χ2n) is 3.66. The zero-order valence-electron chi connectivity index (χ0n) is 10.3. The monoisotopic (exact) mass is 298 g/mol. The van der Waals surface area contributed by atoms with Gasteiger partial charge in [-0.2, -0.15) is 13.2 Å². The van der Waals surface area contributed by atoms with Gasteiger partial charge in [-0.15, -0.1) is 5.10 Å². The molecule has 0 fully saturated rings. The lowest BCUT2D eigenvalue weighted by molar-refractivity contribution is -0.144. The molecule has 0 saturated carbocycles. The lowest BCUT2D eigenvalue weighted by Gasteiger charge is -2.11. The highest BCUT2D eigenvalue weighted by atomic mass is 32.2. The fourth-order valence-electron chi connectivity index (χ4n) is 1.08. The molecular weight excluding hydrogens is 285 g/mol. The number of thioether (sulfide) groups is 1. The maximum atomic E-state index is 12.2. The Morgan fingerprint density at radius 3 is 2.79 bits per heavy atom. The molecule has 0 spiro atoms. The molecule has 1 aromatic heterocycles. The molecule has 1 unspecified atom stereocenters. The third kappa shape index (κ3) is 5.45. The van der Waals surface area contributed by atoms with Gasteiger partial charge in [-0.25, -0.2) is 4.68 Å². The van der Waals surface area contributed by atoms with E-state index in [0.29, 0.717) is 11.1 Å². The maximum absolute atomic E-state index is 12.2. The summed E-state index contributed by atoms with van der Waals surface area (Å²) in [6, 6.07) is 0. The van der Waals surface area contributed by atoms with Crippen LogP contribution < -0.4 is 0 Å². The number of esters is 1. The number of carbonyl (C=O) groups is 1. The smallest absolute Gasteiger partial charge is 0.408 e. The minimum absolute atomic E-state index is 0.0710. The van der Waals surface area contributed by atoms with E-state index in [9.17, 15) is 18.0 Å². The molecule has 0 radical (unpaired) electrons. The molecule has 0 aliphatic heterocycles. The molecule has 0 amide bonds. The number of ether oxygens (including phenoxy) is 1. The number of rotatable bonds is 6. The van der Waals surface area contributed by atoms with Gasteiger partial charge in [-0.1, -0.05) is 18.7 Å². The van der Waals surface area contributed by atoms with Crippen LogP contribution in [0.4, 0.5) is 13.2 Å². The number of nitrogens with zero attached hydrogens (tertiary/aromatic N) is 4. The van der Waals surface area contributed by atoms with Crippen LogP contribution in [0.1, 0.15) is 20.3 Å². The highest BCUT2D eigenvalue weighted by Gasteiger charge is 2.31. The van der Waals surface area contributed by atoms with E-state index in [1.807, 2.05) is 6.92 Å². The molecule has 0 aliphatic rings. The second-order valence-corrected chi connectivity index (χ2v) is 4.97. The second kappa shape index (κ2) is 6.73. The van der Waals surface area contributed by atoms with Crippen LogP contribution in [0, 0.1) is 0 Å². The third-order valence-electron chi connectivity index (χ3n) is 1.89. The summed E-state index contributed by atoms with van der Waals surface area (Å²) in [6.45, 7) is 2.35. The van der Waals surface area contributed by atoms with E-state index in [0.717, 1.165) is 11.8 Å². The molecule has 1 rings (SSSR count). The minimum atomic E-state index is -4.42. The number of halogens is 3. The molecular formula is C9H13F3N4O2S. The van der Waals surface area contributed by atoms with Crippen LogP contribution in [0.15, 0.2) is 5.16 Å². The molecule has 0 aliphatic carbocycles. The van der Waals surface area contributed by atoms with Gasteiger partial charge < -0.3 is 4.74 Å². The summed E-state index contributed by atoms with van der Waals surface area (Å²) in [4.78, 5) is 11.5. The molecule has 1 atom stereocenters. The first-order chi connectivity index (χ1) is 8.83. The molecule has 108 valence electrons. The number of aromatic nitrogens is 4. The van der Waals surface area contributed by atoms with E-state index in [1.54, 1.807) is 0 Å². The van der Waals surface area contributed by atoms with Crippen LogP contribution in [-0.2, 0) is 16.1 Å². The van der Waals surface area contributed by atoms with Crippen molar-refractivity contribution >= 4 is 17.7 Å². The fourth-order valence-corrected chi connectivity index (χ4v) is 1.86. The quantitative estimate of drug-likeness (QED) is 0.588. The first-order valence-corrected chi connectivity index (χ1v) is 6.37. The lowest BCUT2D eigenvalue weighted by atomic mass is 10.5. The van der Waals surface area contributed by atoms with Crippen molar-refractivity contribution in [3.8, 4) is 0 Å². The van der Waals surface area contributed by atoms with Crippen molar-refractivity contribution in [2.24, 2.45) is 0 Å². The van der Waals surface area contributed by atoms with E-state index in [1.165, 1.54) is 6.92 Å². The number of hydrogen-bond donors (Lipinski definition) is 0. The fraction of sp³-hybridized carbons (Fsp3) is 0.778. The SMILES string of the molecule is CCCOC(=O)C(C)Sc1nnnn1CC(F)(F)F. The van der Waals surface area contributed by atoms with Crippen molar-refractivity contribution in [3.63, 3.8) is 0 Å². The Labute approximate surface area is 111 Å². The van der Waals surface area contributed by atoms with Crippen LogP contribution in [-0.4, -0.2) is 44.2 Å². The Hall–Kier alpha value is -1.32. The topological polar surface area (TPSA) is 69.9 Å². The molecule has 0 N–H and O–H groups in total. The number of hydrogen-bond acceptors (Lipinski definition) is 6. The largest absolute Gasteiger partial charge is 0.465 e. The van der Waals surface area contributed by atoms with Gasteiger partial charge in [-0.05, 0) is 23.8 Å². The zero-order valence-corrected chi connectivity index (χ0v) is 11.2. The normalized spacial score (nSPS) is 13.3. The van der Waals surface area contributed by atoms with E-state index in [4.69, 9.17) is 4.74 Å². The Morgan fingerprint density at radius 2 is 2.21 bits per heavy atom. The molecule has 19 heavy (non-hydrogen) atoms. The van der Waals surface area contributed by atoms with Gasteiger partial charge in [0.05, 0.1) is 6.61 Å². The highest BCUT2D eigenvalue weighted by molar-refractivity contribution is 8.00. The molecule has 1 aromatic rings. The first kappa shape index (κ1) is 15.7. The summed E-state index contributed by atoms with van der Waals surface area (Å²) in [5.41, 5.74) is 0. The van der Waals surface area contributed by atoms with Crippen molar-refractivity contribution in [1.82, 2.24) is 20.2 Å². The van der Waals surface area contributed by atoms with Crippen LogP contribution >= 0.6 is 11.8 Å². The van der Waals surface area contributed by atoms with Crippen LogP contribution in [0.5, 0.6) is 0 Å². The highest BCUT2D eigenvalue weighted by Crippen LogP contribution is 2.24. The van der Waals surface area contributed by atoms with Crippen LogP contribution in [0.3, 0.4) is 0 Å². The van der Waals surface area contributed by atoms with Gasteiger partial charge in [-0.3, -0.25) is 4.79 Å². The van der Waals surface area contributed by atoms with Crippen LogP contribution in [0.2, 0.25) is 0 Å².